The van der Waals surface area contributed by atoms with Crippen LogP contribution in [0.3, 0.4) is 0 Å². The van der Waals surface area contributed by atoms with Gasteiger partial charge in [-0.05, 0) is 18.6 Å². The van der Waals surface area contributed by atoms with Crippen LogP contribution in [0.25, 0.3) is 0 Å². The van der Waals surface area contributed by atoms with E-state index in [2.05, 4.69) is 21.8 Å². The fourth-order valence-corrected chi connectivity index (χ4v) is 2.93. The van der Waals surface area contributed by atoms with E-state index in [4.69, 9.17) is 17.3 Å². The maximum atomic E-state index is 5.94. The molecule has 0 radical (unpaired) electrons. The third kappa shape index (κ3) is 3.81. The Morgan fingerprint density at radius 3 is 2.79 bits per heavy atom. The molecule has 4 nitrogen and oxygen atoms in total. The number of aromatic nitrogens is 2. The van der Waals surface area contributed by atoms with Crippen LogP contribution in [0.2, 0.25) is 4.34 Å². The van der Waals surface area contributed by atoms with E-state index in [0.29, 0.717) is 5.82 Å². The minimum Gasteiger partial charge on any atom is -0.384 e. The smallest absolute Gasteiger partial charge is 0.134 e. The summed E-state index contributed by atoms with van der Waals surface area (Å²) in [6, 6.07) is 5.74. The molecular weight excluding hydrogens is 280 g/mol. The maximum Gasteiger partial charge on any atom is 0.134 e. The Labute approximate surface area is 122 Å². The molecule has 2 rings (SSSR count). The van der Waals surface area contributed by atoms with Crippen LogP contribution < -0.4 is 10.6 Å². The van der Waals surface area contributed by atoms with Crippen molar-refractivity contribution in [3.8, 4) is 0 Å². The second kappa shape index (κ2) is 6.21. The summed E-state index contributed by atoms with van der Waals surface area (Å²) in [6.07, 6.45) is 1.85. The molecule has 0 spiro atoms. The predicted octanol–water partition coefficient (Wildman–Crippen LogP) is 3.36. The van der Waals surface area contributed by atoms with Gasteiger partial charge in [-0.2, -0.15) is 0 Å². The molecule has 0 atom stereocenters. The van der Waals surface area contributed by atoms with E-state index in [-0.39, 0.29) is 0 Å². The topological polar surface area (TPSA) is 55.0 Å². The summed E-state index contributed by atoms with van der Waals surface area (Å²) in [4.78, 5) is 12.0. The Morgan fingerprint density at radius 2 is 2.16 bits per heavy atom. The SMILES string of the molecule is CCCc1nc(N)cc(N(C)Cc2ccc(Cl)s2)n1. The van der Waals surface area contributed by atoms with Gasteiger partial charge in [0.1, 0.15) is 17.5 Å². The number of thiophene rings is 1. The third-order valence-electron chi connectivity index (χ3n) is 2.67. The summed E-state index contributed by atoms with van der Waals surface area (Å²) in [5, 5.41) is 0. The lowest BCUT2D eigenvalue weighted by Gasteiger charge is -2.18. The van der Waals surface area contributed by atoms with Crippen molar-refractivity contribution in [1.29, 1.82) is 0 Å². The van der Waals surface area contributed by atoms with Crippen molar-refractivity contribution in [3.05, 3.63) is 33.2 Å². The molecule has 2 aromatic heterocycles. The molecule has 0 aromatic carbocycles. The van der Waals surface area contributed by atoms with Crippen molar-refractivity contribution in [3.63, 3.8) is 0 Å². The normalized spacial score (nSPS) is 10.7. The summed E-state index contributed by atoms with van der Waals surface area (Å²) >= 11 is 7.51. The van der Waals surface area contributed by atoms with Gasteiger partial charge >= 0.3 is 0 Å². The molecule has 0 saturated heterocycles. The molecule has 19 heavy (non-hydrogen) atoms. The average Bonchev–Trinajstić information content (AvgIpc) is 2.74. The lowest BCUT2D eigenvalue weighted by molar-refractivity contribution is 0.817. The molecule has 0 aliphatic rings. The molecular formula is C13H17ClN4S. The van der Waals surface area contributed by atoms with Crippen LogP contribution in [0.4, 0.5) is 11.6 Å². The van der Waals surface area contributed by atoms with Crippen molar-refractivity contribution in [2.75, 3.05) is 17.7 Å². The minimum absolute atomic E-state index is 0.518. The standard InChI is InChI=1S/C13H17ClN4S/c1-3-4-12-16-11(15)7-13(17-12)18(2)8-9-5-6-10(14)19-9/h5-7H,3-4,8H2,1-2H3,(H2,15,16,17). The molecule has 2 heterocycles. The number of hydrogen-bond donors (Lipinski definition) is 1. The highest BCUT2D eigenvalue weighted by Gasteiger charge is 2.08. The average molecular weight is 297 g/mol. The number of nitrogens with zero attached hydrogens (tertiary/aromatic N) is 3. The molecule has 0 aliphatic carbocycles. The Bertz CT molecular complexity index is 555. The van der Waals surface area contributed by atoms with Gasteiger partial charge in [-0.3, -0.25) is 0 Å². The Hall–Kier alpha value is -1.33. The Balaban J connectivity index is 2.15. The van der Waals surface area contributed by atoms with Crippen molar-refractivity contribution < 1.29 is 0 Å². The zero-order chi connectivity index (χ0) is 13.8. The van der Waals surface area contributed by atoms with Gasteiger partial charge in [-0.25, -0.2) is 9.97 Å². The van der Waals surface area contributed by atoms with Crippen molar-refractivity contribution in [1.82, 2.24) is 9.97 Å². The highest BCUT2D eigenvalue weighted by atomic mass is 35.5. The maximum absolute atomic E-state index is 5.94. The van der Waals surface area contributed by atoms with Gasteiger partial charge in [-0.1, -0.05) is 18.5 Å². The number of anilines is 2. The summed E-state index contributed by atoms with van der Waals surface area (Å²) in [7, 11) is 1.99. The van der Waals surface area contributed by atoms with Crippen LogP contribution in [-0.2, 0) is 13.0 Å². The number of nitrogens with two attached hydrogens (primary N) is 1. The minimum atomic E-state index is 0.518. The molecule has 0 bridgehead atoms. The fourth-order valence-electron chi connectivity index (χ4n) is 1.79. The van der Waals surface area contributed by atoms with Crippen molar-refractivity contribution >= 4 is 34.6 Å². The lowest BCUT2D eigenvalue weighted by atomic mass is 10.3. The van der Waals surface area contributed by atoms with E-state index in [1.54, 1.807) is 17.4 Å². The lowest BCUT2D eigenvalue weighted by Crippen LogP contribution is -2.18. The zero-order valence-electron chi connectivity index (χ0n) is 11.1. The number of hydrogen-bond acceptors (Lipinski definition) is 5. The summed E-state index contributed by atoms with van der Waals surface area (Å²) in [5.41, 5.74) is 5.83. The van der Waals surface area contributed by atoms with Crippen molar-refractivity contribution in [2.45, 2.75) is 26.3 Å². The van der Waals surface area contributed by atoms with Crippen molar-refractivity contribution in [2.24, 2.45) is 0 Å². The highest BCUT2D eigenvalue weighted by molar-refractivity contribution is 7.16. The molecule has 2 aromatic rings. The van der Waals surface area contributed by atoms with Crippen LogP contribution in [0.15, 0.2) is 18.2 Å². The van der Waals surface area contributed by atoms with E-state index >= 15 is 0 Å². The largest absolute Gasteiger partial charge is 0.384 e. The van der Waals surface area contributed by atoms with Crippen LogP contribution >= 0.6 is 22.9 Å². The Kier molecular flexibility index (Phi) is 4.61. The van der Waals surface area contributed by atoms with Gasteiger partial charge < -0.3 is 10.6 Å². The molecule has 2 N–H and O–H groups in total. The van der Waals surface area contributed by atoms with E-state index in [1.165, 1.54) is 4.88 Å². The molecule has 0 aliphatic heterocycles. The van der Waals surface area contributed by atoms with Crippen LogP contribution in [0.1, 0.15) is 24.0 Å². The number of halogens is 1. The zero-order valence-corrected chi connectivity index (χ0v) is 12.6. The third-order valence-corrected chi connectivity index (χ3v) is 3.88. The predicted molar refractivity (Wildman–Crippen MR) is 81.9 cm³/mol. The summed E-state index contributed by atoms with van der Waals surface area (Å²) in [5.74, 6) is 2.17. The van der Waals surface area contributed by atoms with Crippen LogP contribution in [0.5, 0.6) is 0 Å². The first-order valence-corrected chi connectivity index (χ1v) is 7.36. The highest BCUT2D eigenvalue weighted by Crippen LogP contribution is 2.24. The first kappa shape index (κ1) is 14.1. The number of nitrogen functional groups attached to an aromatic ring is 1. The van der Waals surface area contributed by atoms with Gasteiger partial charge in [0.15, 0.2) is 0 Å². The van der Waals surface area contributed by atoms with Crippen LogP contribution in [-0.4, -0.2) is 17.0 Å². The number of rotatable bonds is 5. The molecule has 6 heteroatoms. The molecule has 0 saturated carbocycles. The second-order valence-electron chi connectivity index (χ2n) is 4.38. The van der Waals surface area contributed by atoms with Gasteiger partial charge in [0.2, 0.25) is 0 Å². The van der Waals surface area contributed by atoms with E-state index in [0.717, 1.165) is 35.4 Å². The van der Waals surface area contributed by atoms with Gasteiger partial charge in [-0.15, -0.1) is 11.3 Å². The summed E-state index contributed by atoms with van der Waals surface area (Å²) < 4.78 is 0.803. The molecule has 0 fully saturated rings. The molecule has 0 unspecified atom stereocenters. The van der Waals surface area contributed by atoms with E-state index in [1.807, 2.05) is 19.2 Å². The monoisotopic (exact) mass is 296 g/mol. The van der Waals surface area contributed by atoms with Gasteiger partial charge in [0.05, 0.1) is 10.9 Å². The summed E-state index contributed by atoms with van der Waals surface area (Å²) in [6.45, 7) is 2.86. The quantitative estimate of drug-likeness (QED) is 0.919. The van der Waals surface area contributed by atoms with E-state index < -0.39 is 0 Å². The number of aryl methyl sites for hydroxylation is 1. The van der Waals surface area contributed by atoms with Gasteiger partial charge in [0, 0.05) is 24.4 Å². The molecule has 102 valence electrons. The fraction of sp³-hybridized carbons (Fsp3) is 0.385. The molecule has 0 amide bonds. The second-order valence-corrected chi connectivity index (χ2v) is 6.18. The first-order valence-electron chi connectivity index (χ1n) is 6.17. The van der Waals surface area contributed by atoms with E-state index in [9.17, 15) is 0 Å². The first-order chi connectivity index (χ1) is 9.08. The Morgan fingerprint density at radius 1 is 1.37 bits per heavy atom. The van der Waals surface area contributed by atoms with Gasteiger partial charge in [0.25, 0.3) is 0 Å². The van der Waals surface area contributed by atoms with Crippen LogP contribution in [0, 0.1) is 0 Å².